The van der Waals surface area contributed by atoms with Crippen LogP contribution >= 0.6 is 0 Å². The number of anilines is 1. The number of nitrogens with one attached hydrogen (secondary N) is 1. The van der Waals surface area contributed by atoms with Crippen molar-refractivity contribution in [3.8, 4) is 11.4 Å². The van der Waals surface area contributed by atoms with Crippen LogP contribution in [0.4, 0.5) is 10.6 Å². The first-order valence-corrected chi connectivity index (χ1v) is 10.5. The lowest BCUT2D eigenvalue weighted by Crippen LogP contribution is -2.49. The van der Waals surface area contributed by atoms with E-state index in [2.05, 4.69) is 15.3 Å². The summed E-state index contributed by atoms with van der Waals surface area (Å²) in [5.41, 5.74) is 8.93. The molecule has 0 atom stereocenters. The number of fused-ring (bicyclic) bond motifs is 1. The molecule has 0 radical (unpaired) electrons. The van der Waals surface area contributed by atoms with Crippen LogP contribution in [0.2, 0.25) is 0 Å². The Bertz CT molecular complexity index is 1090. The lowest BCUT2D eigenvalue weighted by molar-refractivity contribution is 0.0496. The number of carbonyl (C=O) groups is 1. The molecule has 1 fully saturated rings. The van der Waals surface area contributed by atoms with Crippen molar-refractivity contribution in [3.05, 3.63) is 36.2 Å². The quantitative estimate of drug-likeness (QED) is 0.666. The third-order valence-corrected chi connectivity index (χ3v) is 5.18. The zero-order valence-electron chi connectivity index (χ0n) is 18.4. The normalized spacial score (nSPS) is 15.3. The number of aromatic nitrogens is 4. The number of amides is 1. The molecule has 0 bridgehead atoms. The summed E-state index contributed by atoms with van der Waals surface area (Å²) >= 11 is 0. The molecule has 9 heteroatoms. The van der Waals surface area contributed by atoms with Crippen LogP contribution in [-0.4, -0.2) is 50.5 Å². The van der Waals surface area contributed by atoms with Crippen LogP contribution in [0.15, 0.2) is 30.5 Å². The van der Waals surface area contributed by atoms with Crippen LogP contribution in [0.25, 0.3) is 22.6 Å². The van der Waals surface area contributed by atoms with Gasteiger partial charge in [0.15, 0.2) is 11.5 Å². The lowest BCUT2D eigenvalue weighted by Gasteiger charge is -2.35. The molecule has 0 unspecified atom stereocenters. The van der Waals surface area contributed by atoms with Crippen LogP contribution in [0, 0.1) is 6.92 Å². The highest BCUT2D eigenvalue weighted by Gasteiger charge is 2.27. The molecule has 0 aliphatic carbocycles. The fourth-order valence-electron chi connectivity index (χ4n) is 3.77. The van der Waals surface area contributed by atoms with E-state index in [1.807, 2.05) is 56.6 Å². The van der Waals surface area contributed by atoms with Crippen molar-refractivity contribution in [2.75, 3.05) is 23.8 Å². The monoisotopic (exact) mass is 423 g/mol. The molecule has 1 aliphatic rings. The molecule has 164 valence electrons. The van der Waals surface area contributed by atoms with E-state index >= 15 is 0 Å². The standard InChI is InChI=1S/C22H29N7O2/c1-14-7-8-17-20(25-14)29(19(27-17)16-6-5-11-24-18(16)23)28-12-9-15(10-13-28)26-21(30)31-22(2,3)4/h5-8,11,15H,9-10,12-13H2,1-4H3,(H2,23,24)(H,26,30). The Hall–Kier alpha value is -3.36. The first-order valence-electron chi connectivity index (χ1n) is 10.5. The molecule has 3 aromatic heterocycles. The number of piperidine rings is 1. The summed E-state index contributed by atoms with van der Waals surface area (Å²) < 4.78 is 7.43. The van der Waals surface area contributed by atoms with Gasteiger partial charge in [-0.1, -0.05) is 0 Å². The van der Waals surface area contributed by atoms with Gasteiger partial charge in [0.2, 0.25) is 0 Å². The number of nitrogens with two attached hydrogens (primary N) is 1. The van der Waals surface area contributed by atoms with Gasteiger partial charge >= 0.3 is 6.09 Å². The highest BCUT2D eigenvalue weighted by atomic mass is 16.6. The van der Waals surface area contributed by atoms with Gasteiger partial charge in [-0.3, -0.25) is 0 Å². The van der Waals surface area contributed by atoms with Crippen molar-refractivity contribution in [2.45, 2.75) is 52.2 Å². The Morgan fingerprint density at radius 2 is 1.94 bits per heavy atom. The Kier molecular flexibility index (Phi) is 5.43. The van der Waals surface area contributed by atoms with Gasteiger partial charge in [0.25, 0.3) is 0 Å². The lowest BCUT2D eigenvalue weighted by atomic mass is 10.1. The zero-order valence-corrected chi connectivity index (χ0v) is 18.4. The molecule has 9 nitrogen and oxygen atoms in total. The molecule has 31 heavy (non-hydrogen) atoms. The fourth-order valence-corrected chi connectivity index (χ4v) is 3.77. The second-order valence-electron chi connectivity index (χ2n) is 8.85. The second kappa shape index (κ2) is 8.05. The smallest absolute Gasteiger partial charge is 0.407 e. The average Bonchev–Trinajstić information content (AvgIpc) is 3.06. The van der Waals surface area contributed by atoms with Crippen molar-refractivity contribution in [1.82, 2.24) is 24.9 Å². The van der Waals surface area contributed by atoms with E-state index < -0.39 is 5.60 Å². The van der Waals surface area contributed by atoms with E-state index in [0.717, 1.165) is 54.2 Å². The van der Waals surface area contributed by atoms with Crippen LogP contribution < -0.4 is 16.1 Å². The number of ether oxygens (including phenoxy) is 1. The highest BCUT2D eigenvalue weighted by molar-refractivity contribution is 5.80. The second-order valence-corrected chi connectivity index (χ2v) is 8.85. The first kappa shape index (κ1) is 20.9. The molecule has 0 aromatic carbocycles. The van der Waals surface area contributed by atoms with Crippen molar-refractivity contribution < 1.29 is 9.53 Å². The molecule has 1 aliphatic heterocycles. The summed E-state index contributed by atoms with van der Waals surface area (Å²) in [5.74, 6) is 1.15. The summed E-state index contributed by atoms with van der Waals surface area (Å²) in [4.78, 5) is 25.9. The van der Waals surface area contributed by atoms with Crippen molar-refractivity contribution in [2.24, 2.45) is 0 Å². The Morgan fingerprint density at radius 3 is 2.61 bits per heavy atom. The maximum absolute atomic E-state index is 12.1. The van der Waals surface area contributed by atoms with Gasteiger partial charge in [-0.05, 0) is 64.8 Å². The highest BCUT2D eigenvalue weighted by Crippen LogP contribution is 2.28. The molecule has 4 rings (SSSR count). The number of imidazole rings is 1. The summed E-state index contributed by atoms with van der Waals surface area (Å²) in [6.45, 7) is 9.01. The SMILES string of the molecule is Cc1ccc2nc(-c3cccnc3N)n(N3CCC(NC(=O)OC(C)(C)C)CC3)c2n1. The number of nitrogens with zero attached hydrogens (tertiary/aromatic N) is 5. The average molecular weight is 424 g/mol. The van der Waals surface area contributed by atoms with Crippen LogP contribution in [0.5, 0.6) is 0 Å². The molecule has 1 amide bonds. The number of nitrogen functional groups attached to an aromatic ring is 1. The minimum absolute atomic E-state index is 0.0579. The minimum Gasteiger partial charge on any atom is -0.444 e. The van der Waals surface area contributed by atoms with E-state index in [1.54, 1.807) is 6.20 Å². The Balaban J connectivity index is 1.60. The van der Waals surface area contributed by atoms with Gasteiger partial charge in [-0.2, -0.15) is 0 Å². The van der Waals surface area contributed by atoms with Crippen molar-refractivity contribution in [1.29, 1.82) is 0 Å². The molecule has 3 N–H and O–H groups in total. The number of carbonyl (C=O) groups excluding carboxylic acids is 1. The van der Waals surface area contributed by atoms with E-state index in [0.29, 0.717) is 5.82 Å². The Morgan fingerprint density at radius 1 is 1.19 bits per heavy atom. The molecule has 3 aromatic rings. The van der Waals surface area contributed by atoms with Crippen LogP contribution in [0.3, 0.4) is 0 Å². The molecule has 4 heterocycles. The Labute approximate surface area is 181 Å². The van der Waals surface area contributed by atoms with E-state index in [4.69, 9.17) is 20.4 Å². The topological polar surface area (TPSA) is 111 Å². The number of rotatable bonds is 3. The van der Waals surface area contributed by atoms with Gasteiger partial charge < -0.3 is 20.8 Å². The third-order valence-electron chi connectivity index (χ3n) is 5.18. The van der Waals surface area contributed by atoms with E-state index in [9.17, 15) is 4.79 Å². The zero-order chi connectivity index (χ0) is 22.2. The largest absolute Gasteiger partial charge is 0.444 e. The van der Waals surface area contributed by atoms with Gasteiger partial charge in [0.05, 0.1) is 5.56 Å². The van der Waals surface area contributed by atoms with E-state index in [-0.39, 0.29) is 12.1 Å². The van der Waals surface area contributed by atoms with Gasteiger partial charge in [-0.15, -0.1) is 0 Å². The molecular weight excluding hydrogens is 394 g/mol. The fraction of sp³-hybridized carbons (Fsp3) is 0.455. The number of hydrogen-bond donors (Lipinski definition) is 2. The molecule has 0 spiro atoms. The maximum Gasteiger partial charge on any atom is 0.407 e. The number of alkyl carbamates (subject to hydrolysis) is 1. The van der Waals surface area contributed by atoms with Gasteiger partial charge in [-0.25, -0.2) is 24.4 Å². The van der Waals surface area contributed by atoms with Crippen molar-refractivity contribution >= 4 is 23.1 Å². The summed E-state index contributed by atoms with van der Waals surface area (Å²) in [7, 11) is 0. The number of pyridine rings is 2. The summed E-state index contributed by atoms with van der Waals surface area (Å²) in [5, 5.41) is 5.19. The first-order chi connectivity index (χ1) is 14.7. The van der Waals surface area contributed by atoms with Crippen LogP contribution in [0.1, 0.15) is 39.3 Å². The molecular formula is C22H29N7O2. The predicted molar refractivity (Wildman–Crippen MR) is 120 cm³/mol. The predicted octanol–water partition coefficient (Wildman–Crippen LogP) is 3.01. The van der Waals surface area contributed by atoms with E-state index in [1.165, 1.54) is 0 Å². The summed E-state index contributed by atoms with van der Waals surface area (Å²) in [6, 6.07) is 7.76. The number of hydrogen-bond acceptors (Lipinski definition) is 7. The minimum atomic E-state index is -0.511. The van der Waals surface area contributed by atoms with Crippen molar-refractivity contribution in [3.63, 3.8) is 0 Å². The van der Waals surface area contributed by atoms with Gasteiger partial charge in [0.1, 0.15) is 16.9 Å². The number of aryl methyl sites for hydroxylation is 1. The maximum atomic E-state index is 12.1. The summed E-state index contributed by atoms with van der Waals surface area (Å²) in [6.07, 6.45) is 2.86. The third kappa shape index (κ3) is 4.55. The van der Waals surface area contributed by atoms with Crippen LogP contribution in [-0.2, 0) is 4.74 Å². The molecule has 1 saturated heterocycles. The molecule has 0 saturated carbocycles. The van der Waals surface area contributed by atoms with Gasteiger partial charge in [0, 0.05) is 31.0 Å².